The van der Waals surface area contributed by atoms with Gasteiger partial charge in [0.15, 0.2) is 0 Å². The zero-order valence-electron chi connectivity index (χ0n) is 8.98. The quantitative estimate of drug-likeness (QED) is 0.572. The Balaban J connectivity index is 3.11. The van der Waals surface area contributed by atoms with Crippen molar-refractivity contribution in [3.8, 4) is 0 Å². The molecule has 0 saturated heterocycles. The summed E-state index contributed by atoms with van der Waals surface area (Å²) in [6.45, 7) is 0. The van der Waals surface area contributed by atoms with E-state index in [1.807, 2.05) is 0 Å². The summed E-state index contributed by atoms with van der Waals surface area (Å²) in [5.41, 5.74) is 4.19. The highest BCUT2D eigenvalue weighted by molar-refractivity contribution is 5.73. The molecule has 0 aliphatic carbocycles. The molecule has 0 heterocycles. The van der Waals surface area contributed by atoms with E-state index in [-0.39, 0.29) is 12.0 Å². The lowest BCUT2D eigenvalue weighted by atomic mass is 10.1. The SMILES string of the molecule is N[C@@H](Cc1ccc([N+](=O)[O-])c([N+](=O)[O-])c1)C(=O)O. The molecule has 0 aliphatic rings. The lowest BCUT2D eigenvalue weighted by Gasteiger charge is -2.05. The highest BCUT2D eigenvalue weighted by atomic mass is 16.6. The number of hydrogen-bond donors (Lipinski definition) is 2. The van der Waals surface area contributed by atoms with Crippen LogP contribution in [0.1, 0.15) is 5.56 Å². The van der Waals surface area contributed by atoms with Gasteiger partial charge in [-0.1, -0.05) is 6.07 Å². The zero-order valence-corrected chi connectivity index (χ0v) is 8.98. The van der Waals surface area contributed by atoms with Crippen LogP contribution in [-0.4, -0.2) is 27.0 Å². The van der Waals surface area contributed by atoms with E-state index in [1.165, 1.54) is 6.07 Å². The van der Waals surface area contributed by atoms with Crippen molar-refractivity contribution in [1.82, 2.24) is 0 Å². The molecule has 0 fully saturated rings. The van der Waals surface area contributed by atoms with Gasteiger partial charge in [-0.15, -0.1) is 0 Å². The van der Waals surface area contributed by atoms with E-state index in [1.54, 1.807) is 0 Å². The summed E-state index contributed by atoms with van der Waals surface area (Å²) in [5, 5.41) is 29.8. The van der Waals surface area contributed by atoms with E-state index in [4.69, 9.17) is 10.8 Å². The van der Waals surface area contributed by atoms with Gasteiger partial charge in [0.05, 0.1) is 9.85 Å². The largest absolute Gasteiger partial charge is 0.480 e. The summed E-state index contributed by atoms with van der Waals surface area (Å²) in [5.74, 6) is -1.25. The Hall–Kier alpha value is -2.55. The van der Waals surface area contributed by atoms with Crippen LogP contribution in [0.3, 0.4) is 0 Å². The molecule has 0 spiro atoms. The normalized spacial score (nSPS) is 11.8. The number of aliphatic carboxylic acids is 1. The average Bonchev–Trinajstić information content (AvgIpc) is 2.28. The van der Waals surface area contributed by atoms with E-state index in [9.17, 15) is 25.0 Å². The van der Waals surface area contributed by atoms with Crippen LogP contribution < -0.4 is 5.73 Å². The number of carboxylic acid groups (broad SMARTS) is 1. The molecule has 1 aromatic carbocycles. The Labute approximate surface area is 100 Å². The standard InChI is InChI=1S/C9H9N3O6/c10-6(9(13)14)3-5-1-2-7(11(15)16)8(4-5)12(17)18/h1-2,4,6H,3,10H2,(H,13,14)/t6-/m0/s1. The van der Waals surface area contributed by atoms with Crippen LogP contribution in [0.25, 0.3) is 0 Å². The number of nitro benzene ring substituents is 2. The van der Waals surface area contributed by atoms with E-state index in [0.717, 1.165) is 12.1 Å². The summed E-state index contributed by atoms with van der Waals surface area (Å²) in [7, 11) is 0. The first-order chi connectivity index (χ1) is 8.32. The minimum atomic E-state index is -1.25. The third-order valence-electron chi connectivity index (χ3n) is 2.21. The molecule has 1 rings (SSSR count). The Bertz CT molecular complexity index is 515. The minimum Gasteiger partial charge on any atom is -0.480 e. The van der Waals surface area contributed by atoms with Crippen LogP contribution in [0.4, 0.5) is 11.4 Å². The summed E-state index contributed by atoms with van der Waals surface area (Å²) >= 11 is 0. The molecule has 0 amide bonds. The van der Waals surface area contributed by atoms with Crippen LogP contribution in [-0.2, 0) is 11.2 Å². The minimum absolute atomic E-state index is 0.145. The molecule has 1 aromatic rings. The first-order valence-electron chi connectivity index (χ1n) is 4.73. The average molecular weight is 255 g/mol. The predicted molar refractivity (Wildman–Crippen MR) is 59.1 cm³/mol. The molecular formula is C9H9N3O6. The van der Waals surface area contributed by atoms with Gasteiger partial charge in [-0.25, -0.2) is 0 Å². The maximum Gasteiger partial charge on any atom is 0.346 e. The van der Waals surface area contributed by atoms with Crippen LogP contribution in [0.2, 0.25) is 0 Å². The van der Waals surface area contributed by atoms with Gasteiger partial charge < -0.3 is 10.8 Å². The first kappa shape index (κ1) is 13.5. The molecule has 0 radical (unpaired) electrons. The number of nitro groups is 2. The van der Waals surface area contributed by atoms with Gasteiger partial charge in [0.2, 0.25) is 0 Å². The Morgan fingerprint density at radius 3 is 2.28 bits per heavy atom. The molecule has 9 heteroatoms. The van der Waals surface area contributed by atoms with E-state index in [0.29, 0.717) is 0 Å². The molecule has 0 aliphatic heterocycles. The number of nitrogens with two attached hydrogens (primary N) is 1. The van der Waals surface area contributed by atoms with Crippen LogP contribution in [0.5, 0.6) is 0 Å². The second-order valence-electron chi connectivity index (χ2n) is 3.49. The smallest absolute Gasteiger partial charge is 0.346 e. The maximum atomic E-state index is 10.7. The fourth-order valence-corrected chi connectivity index (χ4v) is 1.34. The summed E-state index contributed by atoms with van der Waals surface area (Å²) in [6.07, 6.45) is -0.145. The highest BCUT2D eigenvalue weighted by Crippen LogP contribution is 2.27. The predicted octanol–water partition coefficient (Wildman–Crippen LogP) is 0.457. The van der Waals surface area contributed by atoms with Crippen LogP contribution in [0, 0.1) is 20.2 Å². The molecular weight excluding hydrogens is 246 g/mol. The molecule has 1 atom stereocenters. The number of carboxylic acids is 1. The third-order valence-corrected chi connectivity index (χ3v) is 2.21. The monoisotopic (exact) mass is 255 g/mol. The van der Waals surface area contributed by atoms with Crippen LogP contribution in [0.15, 0.2) is 18.2 Å². The van der Waals surface area contributed by atoms with Crippen molar-refractivity contribution in [2.45, 2.75) is 12.5 Å². The van der Waals surface area contributed by atoms with Crippen molar-refractivity contribution in [2.75, 3.05) is 0 Å². The van der Waals surface area contributed by atoms with Crippen molar-refractivity contribution in [2.24, 2.45) is 5.73 Å². The van der Waals surface area contributed by atoms with Crippen molar-refractivity contribution in [3.63, 3.8) is 0 Å². The second-order valence-corrected chi connectivity index (χ2v) is 3.49. The zero-order chi connectivity index (χ0) is 13.9. The summed E-state index contributed by atoms with van der Waals surface area (Å²) in [6, 6.07) is 1.95. The van der Waals surface area contributed by atoms with Gasteiger partial charge in [0.25, 0.3) is 0 Å². The molecule has 0 unspecified atom stereocenters. The van der Waals surface area contributed by atoms with E-state index < -0.39 is 33.2 Å². The van der Waals surface area contributed by atoms with Gasteiger partial charge in [0.1, 0.15) is 6.04 Å². The number of benzene rings is 1. The van der Waals surface area contributed by atoms with Crippen molar-refractivity contribution < 1.29 is 19.7 Å². The number of hydrogen-bond acceptors (Lipinski definition) is 6. The lowest BCUT2D eigenvalue weighted by Crippen LogP contribution is -2.32. The maximum absolute atomic E-state index is 10.7. The summed E-state index contributed by atoms with van der Waals surface area (Å²) < 4.78 is 0. The second kappa shape index (κ2) is 5.19. The van der Waals surface area contributed by atoms with Crippen molar-refractivity contribution >= 4 is 17.3 Å². The topological polar surface area (TPSA) is 150 Å². The third kappa shape index (κ3) is 2.98. The molecule has 96 valence electrons. The Morgan fingerprint density at radius 2 is 1.83 bits per heavy atom. The first-order valence-corrected chi connectivity index (χ1v) is 4.73. The number of carbonyl (C=O) groups is 1. The lowest BCUT2D eigenvalue weighted by molar-refractivity contribution is -0.422. The molecule has 18 heavy (non-hydrogen) atoms. The van der Waals surface area contributed by atoms with Crippen molar-refractivity contribution in [3.05, 3.63) is 44.0 Å². The van der Waals surface area contributed by atoms with Gasteiger partial charge >= 0.3 is 17.3 Å². The Kier molecular flexibility index (Phi) is 3.89. The molecule has 0 aromatic heterocycles. The highest BCUT2D eigenvalue weighted by Gasteiger charge is 2.25. The fourth-order valence-electron chi connectivity index (χ4n) is 1.34. The molecule has 0 bridgehead atoms. The summed E-state index contributed by atoms with van der Waals surface area (Å²) in [4.78, 5) is 30.0. The number of nitrogens with zero attached hydrogens (tertiary/aromatic N) is 2. The Morgan fingerprint density at radius 1 is 1.28 bits per heavy atom. The van der Waals surface area contributed by atoms with Gasteiger partial charge in [0, 0.05) is 12.1 Å². The van der Waals surface area contributed by atoms with Gasteiger partial charge in [-0.2, -0.15) is 0 Å². The van der Waals surface area contributed by atoms with Crippen LogP contribution >= 0.6 is 0 Å². The molecule has 0 saturated carbocycles. The van der Waals surface area contributed by atoms with Gasteiger partial charge in [-0.3, -0.25) is 25.0 Å². The number of rotatable bonds is 5. The van der Waals surface area contributed by atoms with E-state index in [2.05, 4.69) is 0 Å². The fraction of sp³-hybridized carbons (Fsp3) is 0.222. The van der Waals surface area contributed by atoms with E-state index >= 15 is 0 Å². The van der Waals surface area contributed by atoms with Gasteiger partial charge in [-0.05, 0) is 12.0 Å². The van der Waals surface area contributed by atoms with Crippen molar-refractivity contribution in [1.29, 1.82) is 0 Å². The molecule has 3 N–H and O–H groups in total. The molecule has 9 nitrogen and oxygen atoms in total.